The Labute approximate surface area is 596 Å². The topological polar surface area (TPSA) is 363 Å². The van der Waals surface area contributed by atoms with Gasteiger partial charge < -0.3 is 0 Å². The first kappa shape index (κ1) is 68.0. The minimum absolute atomic E-state index is 0. The Morgan fingerprint density at radius 3 is 0.865 bits per heavy atom. The van der Waals surface area contributed by atoms with Gasteiger partial charge in [0.25, 0.3) is 0 Å². The van der Waals surface area contributed by atoms with Crippen molar-refractivity contribution in [3.05, 3.63) is 188 Å². The first-order valence-electron chi connectivity index (χ1n) is 25.4. The molecule has 33 heteroatoms. The number of benzene rings is 8. The summed E-state index contributed by atoms with van der Waals surface area (Å²) in [6.45, 7) is 0. The fourth-order valence-corrected chi connectivity index (χ4v) is 24.2. The number of aromatic amines is 2. The fraction of sp³-hybridized carbons (Fsp3) is 0. The van der Waals surface area contributed by atoms with Gasteiger partial charge in [-0.25, -0.2) is 0 Å². The van der Waals surface area contributed by atoms with E-state index in [0.29, 0.717) is 39.4 Å². The molecule has 24 nitrogen and oxygen atoms in total. The minimum Gasteiger partial charge on any atom is 1.00 e. The Bertz CT molecular complexity index is 4970. The van der Waals surface area contributed by atoms with E-state index in [1.165, 1.54) is 12.1 Å². The maximum atomic E-state index is 12.5. The van der Waals surface area contributed by atoms with E-state index in [1.807, 2.05) is 48.5 Å². The molecule has 0 saturated heterocycles. The van der Waals surface area contributed by atoms with E-state index in [1.54, 1.807) is 30.3 Å². The second-order valence-electron chi connectivity index (χ2n) is 19.7. The van der Waals surface area contributed by atoms with Gasteiger partial charge in [0.1, 0.15) is 0 Å². The molecule has 0 unspecified atom stereocenters. The zero-order valence-electron chi connectivity index (χ0n) is 47.1. The van der Waals surface area contributed by atoms with Gasteiger partial charge in [0.15, 0.2) is 0 Å². The second-order valence-corrected chi connectivity index (χ2v) is 34.8. The number of hydrogen-bond acceptors (Lipinski definition) is 18. The Morgan fingerprint density at radius 2 is 0.562 bits per heavy atom. The van der Waals surface area contributed by atoms with Crippen LogP contribution in [-0.4, -0.2) is 91.8 Å². The number of nitrogens with zero attached hydrogens (tertiary/aromatic N) is 6. The van der Waals surface area contributed by atoms with Crippen LogP contribution in [0.2, 0.25) is 0 Å². The summed E-state index contributed by atoms with van der Waals surface area (Å²) in [4.78, 5) is 34.9. The molecule has 0 spiro atoms. The van der Waals surface area contributed by atoms with Crippen LogP contribution in [0.4, 0.5) is 0 Å². The smallest absolute Gasteiger partial charge is 1.00 e. The van der Waals surface area contributed by atoms with Gasteiger partial charge in [-0.1, -0.05) is 6.07 Å². The van der Waals surface area contributed by atoms with Crippen molar-refractivity contribution in [3.63, 3.8) is 0 Å². The third-order valence-electron chi connectivity index (χ3n) is 14.4. The monoisotopic (exact) mass is 1360 g/mol. The van der Waals surface area contributed by atoms with Crippen LogP contribution in [0.25, 0.3) is 89.7 Å². The van der Waals surface area contributed by atoms with Crippen LogP contribution in [-0.2, 0) is 55.5 Å². The zero-order chi connectivity index (χ0) is 59.3. The van der Waals surface area contributed by atoms with Gasteiger partial charge in [0.05, 0.1) is 0 Å². The van der Waals surface area contributed by atoms with E-state index in [2.05, 4.69) is 9.97 Å². The quantitative estimate of drug-likeness (QED) is 0.0500. The van der Waals surface area contributed by atoms with Crippen molar-refractivity contribution in [1.29, 1.82) is 0 Å². The molecule has 2 aliphatic heterocycles. The standard InChI is InChI=1S/C32H17N8.4C6H6O4S.4Na.Zn/c1-2-10-18-17(9-1)25-33-26(18)38-28-21-13-5-6-14-22(21)30(35-28)40-32-24-16-8-7-15-23(24)31(36-32)39-29-20-12-4-3-11-19(20)27(34-29)37-25;4*7-5-1-3-6(4-2-5)11(8,9)10;;;;;/h1-15H,(H2,33,34,35,36,37,38,39,40);4*1-4,7H,(H,8,9,10);;;;;/q;;;;;4*+1;+4/p-4. The third kappa shape index (κ3) is 13.2. The summed E-state index contributed by atoms with van der Waals surface area (Å²) >= 11 is -8.26. The van der Waals surface area contributed by atoms with Crippen molar-refractivity contribution in [2.75, 3.05) is 0 Å². The molecular weight excluding hydrogens is 1330 g/mol. The molecule has 0 atom stereocenters. The number of hydrogen-bond donors (Lipinski definition) is 6. The number of rotatable bonds is 13. The molecule has 6 N–H and O–H groups in total. The Morgan fingerprint density at radius 1 is 0.303 bits per heavy atom. The van der Waals surface area contributed by atoms with E-state index >= 15 is 0 Å². The molecule has 0 saturated carbocycles. The molecule has 423 valence electrons. The van der Waals surface area contributed by atoms with Crippen molar-refractivity contribution in [2.45, 2.75) is 19.6 Å². The Hall–Kier alpha value is -5.42. The van der Waals surface area contributed by atoms with Crippen molar-refractivity contribution in [1.82, 2.24) is 39.9 Å². The molecule has 0 fully saturated rings. The molecule has 0 amide bonds. The van der Waals surface area contributed by atoms with E-state index in [4.69, 9.17) is 44.2 Å². The molecule has 5 heterocycles. The summed E-state index contributed by atoms with van der Waals surface area (Å²) in [5.74, 6) is -0.401. The SMILES string of the molecule is O=S(=O)(O)c1ccc([O][Zn]([O]c2ccc(S(=O)(=O)O)cc2)([O]c2ccc(S(=O)(=O)O)cc2)([O]c2ccc(S(=O)(=O)O)cc2)[c]2cccc3c4nc5nc(nc6[nH]c(nc7nc(nc([nH]4)c23)-c2ccccc2-7)c2ccccc62)-c2ccccc2-5)cc1.[Na+].[Na+].[Na+].[Na+]. The van der Waals surface area contributed by atoms with Gasteiger partial charge in [0.2, 0.25) is 0 Å². The average molecular weight is 1360 g/mol. The van der Waals surface area contributed by atoms with E-state index < -0.39 is 75.1 Å². The zero-order valence-corrected chi connectivity index (χ0v) is 61.3. The Kier molecular flexibility index (Phi) is 19.5. The Balaban J connectivity index is 0.00000235. The van der Waals surface area contributed by atoms with Crippen LogP contribution >= 0.6 is 0 Å². The molecule has 11 aromatic rings. The summed E-state index contributed by atoms with van der Waals surface area (Å²) in [6.07, 6.45) is 0. The molecular formula is C56H37N8Na4O16S4Zn+4. The summed E-state index contributed by atoms with van der Waals surface area (Å²) in [5.41, 5.74) is 3.19. The molecule has 8 aromatic carbocycles. The summed E-state index contributed by atoms with van der Waals surface area (Å²) in [5, 5.41) is 1.73. The summed E-state index contributed by atoms with van der Waals surface area (Å²) < 4.78 is 169. The maximum absolute atomic E-state index is 12.5. The third-order valence-corrected chi connectivity index (χ3v) is 28.7. The van der Waals surface area contributed by atoms with Crippen LogP contribution in [0.3, 0.4) is 0 Å². The van der Waals surface area contributed by atoms with Crippen molar-refractivity contribution in [3.8, 4) is 68.5 Å². The summed E-state index contributed by atoms with van der Waals surface area (Å²) in [7, 11) is -19.4. The van der Waals surface area contributed by atoms with Crippen LogP contribution in [0.15, 0.2) is 208 Å². The first-order chi connectivity index (χ1) is 40.5. The number of aromatic nitrogens is 8. The number of fused-ring (bicyclic) bond motifs is 20. The largest absolute Gasteiger partial charge is 1.00 e. The van der Waals surface area contributed by atoms with Crippen LogP contribution in [0, 0.1) is 0 Å². The fourth-order valence-electron chi connectivity index (χ4n) is 10.7. The molecule has 3 aromatic heterocycles. The van der Waals surface area contributed by atoms with Crippen LogP contribution in [0.5, 0.6) is 23.0 Å². The predicted molar refractivity (Wildman–Crippen MR) is 303 cm³/mol. The predicted octanol–water partition coefficient (Wildman–Crippen LogP) is -2.84. The van der Waals surface area contributed by atoms with Gasteiger partial charge in [-0.05, 0) is 0 Å². The maximum Gasteiger partial charge on any atom is 1.00 e. The summed E-state index contributed by atoms with van der Waals surface area (Å²) in [6, 6.07) is 43.4. The van der Waals surface area contributed by atoms with E-state index in [-0.39, 0.29) is 185 Å². The van der Waals surface area contributed by atoms with Gasteiger partial charge in [-0.2, -0.15) is 0 Å². The molecule has 0 aliphatic carbocycles. The van der Waals surface area contributed by atoms with Crippen LogP contribution in [0.1, 0.15) is 0 Å². The molecule has 8 bridgehead atoms. The second kappa shape index (κ2) is 25.6. The van der Waals surface area contributed by atoms with Gasteiger partial charge in [-0.15, -0.1) is 0 Å². The van der Waals surface area contributed by atoms with E-state index in [0.717, 1.165) is 108 Å². The first-order valence-corrected chi connectivity index (χ1v) is 37.5. The van der Waals surface area contributed by atoms with Gasteiger partial charge in [0, 0.05) is 0 Å². The molecule has 89 heavy (non-hydrogen) atoms. The minimum atomic E-state index is -8.26. The van der Waals surface area contributed by atoms with Crippen molar-refractivity contribution >= 4 is 88.8 Å². The average Bonchev–Trinajstić information content (AvgIpc) is 1.62. The van der Waals surface area contributed by atoms with Crippen molar-refractivity contribution < 1.29 is 199 Å². The van der Waals surface area contributed by atoms with E-state index in [9.17, 15) is 51.9 Å². The number of H-pyrrole nitrogens is 2. The van der Waals surface area contributed by atoms with Gasteiger partial charge >= 0.3 is 598 Å². The molecule has 2 aliphatic rings. The van der Waals surface area contributed by atoms with Crippen molar-refractivity contribution in [2.24, 2.45) is 0 Å². The number of nitrogens with one attached hydrogen (secondary N) is 2. The van der Waals surface area contributed by atoms with Crippen LogP contribution < -0.4 is 137 Å². The normalized spacial score (nSPS) is 12.2. The molecule has 13 rings (SSSR count). The molecule has 0 radical (unpaired) electrons. The van der Waals surface area contributed by atoms with Gasteiger partial charge in [-0.3, -0.25) is 0 Å².